The van der Waals surface area contributed by atoms with Gasteiger partial charge in [0, 0.05) is 42.3 Å². The first-order chi connectivity index (χ1) is 25.8. The molecule has 6 N–H and O–H groups in total. The molecule has 0 atom stereocenters. The van der Waals surface area contributed by atoms with Gasteiger partial charge in [0.05, 0.1) is 33.4 Å². The van der Waals surface area contributed by atoms with E-state index in [1.807, 2.05) is 20.9 Å². The van der Waals surface area contributed by atoms with Crippen LogP contribution in [0, 0.1) is 26.6 Å². The van der Waals surface area contributed by atoms with E-state index in [1.54, 1.807) is 22.2 Å². The Balaban J connectivity index is 0.000000188. The number of aromatic nitrogens is 8. The van der Waals surface area contributed by atoms with Gasteiger partial charge >= 0.3 is 12.4 Å². The van der Waals surface area contributed by atoms with E-state index in [0.717, 1.165) is 41.2 Å². The van der Waals surface area contributed by atoms with Crippen molar-refractivity contribution in [3.05, 3.63) is 113 Å². The van der Waals surface area contributed by atoms with Crippen molar-refractivity contribution < 1.29 is 30.7 Å². The number of nitrogens with zero attached hydrogens (tertiary/aromatic N) is 8. The average Bonchev–Trinajstić information content (AvgIpc) is 3.56. The highest BCUT2D eigenvalue weighted by molar-refractivity contribution is 5.78. The summed E-state index contributed by atoms with van der Waals surface area (Å²) in [7, 11) is 1.82. The van der Waals surface area contributed by atoms with Gasteiger partial charge in [-0.15, -0.1) is 0 Å². The van der Waals surface area contributed by atoms with Crippen LogP contribution in [0.2, 0.25) is 0 Å². The molecule has 19 heteroatoms. The predicted molar refractivity (Wildman–Crippen MR) is 193 cm³/mol. The smallest absolute Gasteiger partial charge is 0.384 e. The van der Waals surface area contributed by atoms with Gasteiger partial charge in [0.1, 0.15) is 34.9 Å². The fourth-order valence-corrected chi connectivity index (χ4v) is 5.56. The van der Waals surface area contributed by atoms with Crippen molar-refractivity contribution in [2.75, 3.05) is 22.1 Å². The van der Waals surface area contributed by atoms with Crippen molar-refractivity contribution in [1.29, 1.82) is 0 Å². The number of hydrogen-bond acceptors (Lipinski definition) is 10. The second kappa shape index (κ2) is 14.6. The van der Waals surface area contributed by atoms with E-state index in [2.05, 4.69) is 40.7 Å². The molecule has 0 aliphatic heterocycles. The summed E-state index contributed by atoms with van der Waals surface area (Å²) in [6, 6.07) is 16.3. The maximum atomic E-state index is 13.7. The monoisotopic (exact) mass is 764 g/mol. The van der Waals surface area contributed by atoms with Crippen LogP contribution < -0.4 is 22.1 Å². The van der Waals surface area contributed by atoms with Crippen LogP contribution in [0.25, 0.3) is 28.4 Å². The average molecular weight is 765 g/mol. The summed E-state index contributed by atoms with van der Waals surface area (Å²) in [4.78, 5) is 21.6. The van der Waals surface area contributed by atoms with Crippen molar-refractivity contribution in [2.24, 2.45) is 7.05 Å². The quantitative estimate of drug-likeness (QED) is 0.121. The number of benzene rings is 3. The molecule has 3 aromatic carbocycles. The molecular weight excluding hydrogens is 733 g/mol. The molecule has 0 saturated heterocycles. The van der Waals surface area contributed by atoms with Gasteiger partial charge in [0.15, 0.2) is 5.82 Å². The Bertz CT molecular complexity index is 2490. The Morgan fingerprint density at radius 3 is 1.67 bits per heavy atom. The minimum atomic E-state index is -4.42. The summed E-state index contributed by atoms with van der Waals surface area (Å²) in [5.41, 5.74) is 14.6. The molecule has 0 aliphatic rings. The molecule has 0 radical (unpaired) electrons. The summed E-state index contributed by atoms with van der Waals surface area (Å²) >= 11 is 0. The van der Waals surface area contributed by atoms with Gasteiger partial charge in [-0.3, -0.25) is 9.25 Å². The second-order valence-corrected chi connectivity index (χ2v) is 12.2. The van der Waals surface area contributed by atoms with Gasteiger partial charge in [-0.2, -0.15) is 41.4 Å². The minimum absolute atomic E-state index is 0.127. The highest BCUT2D eigenvalue weighted by Crippen LogP contribution is 2.32. The van der Waals surface area contributed by atoms with Crippen molar-refractivity contribution in [3.8, 4) is 17.3 Å². The van der Waals surface area contributed by atoms with Crippen LogP contribution >= 0.6 is 0 Å². The topological polar surface area (TPSA) is 163 Å². The fraction of sp³-hybridized carbons (Fsp3) is 0.167. The van der Waals surface area contributed by atoms with Crippen LogP contribution in [-0.4, -0.2) is 39.3 Å². The Morgan fingerprint density at radius 1 is 0.636 bits per heavy atom. The molecule has 0 aliphatic carbocycles. The molecule has 0 bridgehead atoms. The number of nitrogens with one attached hydrogen (secondary N) is 2. The lowest BCUT2D eigenvalue weighted by atomic mass is 10.2. The molecule has 0 spiro atoms. The standard InChI is InChI=1S/C19H14F4N6.C17H17F3N6/c1-10-25-14-7-4-12(20)8-15(14)29(10)18-27-16(24)9-17(28-18)26-13-5-2-11(3-6-13)19(21,22)23;1-9-15(10(2)26(3)25-9)16-23-13(21)8-14(24-16)22-12-6-4-11(5-7-12)17(18,19)20/h2-9H,1H3,(H3,24,26,27,28);4-8H,1-3H3,(H3,21,22,23,24). The maximum Gasteiger partial charge on any atom is 0.416 e. The Kier molecular flexibility index (Phi) is 10.0. The lowest BCUT2D eigenvalue weighted by molar-refractivity contribution is -0.138. The zero-order valence-corrected chi connectivity index (χ0v) is 29.4. The van der Waals surface area contributed by atoms with Crippen molar-refractivity contribution in [3.63, 3.8) is 0 Å². The number of hydrogen-bond donors (Lipinski definition) is 4. The molecule has 4 heterocycles. The number of rotatable bonds is 6. The van der Waals surface area contributed by atoms with Gasteiger partial charge in [-0.05, 0) is 81.4 Å². The molecule has 4 aromatic heterocycles. The first-order valence-electron chi connectivity index (χ1n) is 16.2. The van der Waals surface area contributed by atoms with Crippen LogP contribution in [0.1, 0.15) is 28.3 Å². The normalized spacial score (nSPS) is 11.7. The minimum Gasteiger partial charge on any atom is -0.384 e. The number of halogens is 7. The van der Waals surface area contributed by atoms with E-state index in [1.165, 1.54) is 48.5 Å². The number of fused-ring (bicyclic) bond motifs is 1. The molecule has 55 heavy (non-hydrogen) atoms. The summed E-state index contributed by atoms with van der Waals surface area (Å²) < 4.78 is 93.1. The van der Waals surface area contributed by atoms with E-state index in [-0.39, 0.29) is 23.4 Å². The summed E-state index contributed by atoms with van der Waals surface area (Å²) in [5, 5.41) is 10.2. The number of nitrogens with two attached hydrogens (primary N) is 2. The van der Waals surface area contributed by atoms with Crippen LogP contribution in [0.15, 0.2) is 78.9 Å². The molecule has 12 nitrogen and oxygen atoms in total. The van der Waals surface area contributed by atoms with Gasteiger partial charge in [0.2, 0.25) is 5.95 Å². The predicted octanol–water partition coefficient (Wildman–Crippen LogP) is 8.45. The lowest BCUT2D eigenvalue weighted by Crippen LogP contribution is -2.08. The molecule has 7 rings (SSSR count). The third-order valence-corrected chi connectivity index (χ3v) is 8.17. The van der Waals surface area contributed by atoms with Gasteiger partial charge in [-0.25, -0.2) is 19.3 Å². The van der Waals surface area contributed by atoms with Crippen LogP contribution in [0.4, 0.5) is 65.4 Å². The number of alkyl halides is 6. The Labute approximate surface area is 308 Å². The van der Waals surface area contributed by atoms with Crippen molar-refractivity contribution in [2.45, 2.75) is 33.1 Å². The van der Waals surface area contributed by atoms with Crippen molar-refractivity contribution >= 4 is 45.7 Å². The summed E-state index contributed by atoms with van der Waals surface area (Å²) in [6.45, 7) is 5.45. The molecule has 0 unspecified atom stereocenters. The number of imidazole rings is 1. The number of aryl methyl sites for hydroxylation is 3. The van der Waals surface area contributed by atoms with E-state index in [0.29, 0.717) is 39.9 Å². The van der Waals surface area contributed by atoms with Crippen LogP contribution in [0.3, 0.4) is 0 Å². The van der Waals surface area contributed by atoms with Crippen LogP contribution in [0.5, 0.6) is 0 Å². The van der Waals surface area contributed by atoms with E-state index in [9.17, 15) is 30.7 Å². The molecular formula is C36H31F7N12. The Hall–Kier alpha value is -6.79. The SMILES string of the molecule is Cc1nc2ccc(F)cc2n1-c1nc(N)cc(Nc2ccc(C(F)(F)F)cc2)n1.Cc1nn(C)c(C)c1-c1nc(N)cc(Nc2ccc(C(F)(F)F)cc2)n1. The summed E-state index contributed by atoms with van der Waals surface area (Å²) in [5.74, 6) is 1.67. The first-order valence-corrected chi connectivity index (χ1v) is 16.2. The third-order valence-electron chi connectivity index (χ3n) is 8.17. The second-order valence-electron chi connectivity index (χ2n) is 12.2. The highest BCUT2D eigenvalue weighted by atomic mass is 19.4. The number of nitrogen functional groups attached to an aromatic ring is 2. The molecule has 7 aromatic rings. The lowest BCUT2D eigenvalue weighted by Gasteiger charge is -2.11. The van der Waals surface area contributed by atoms with Crippen LogP contribution in [-0.2, 0) is 19.4 Å². The van der Waals surface area contributed by atoms with Gasteiger partial charge in [-0.1, -0.05) is 0 Å². The molecule has 0 fully saturated rings. The third kappa shape index (κ3) is 8.55. The zero-order valence-electron chi connectivity index (χ0n) is 29.4. The molecule has 0 amide bonds. The largest absolute Gasteiger partial charge is 0.416 e. The van der Waals surface area contributed by atoms with Gasteiger partial charge in [0.25, 0.3) is 0 Å². The van der Waals surface area contributed by atoms with E-state index < -0.39 is 29.3 Å². The fourth-order valence-electron chi connectivity index (χ4n) is 5.56. The first kappa shape index (κ1) is 38.0. The van der Waals surface area contributed by atoms with Crippen molar-refractivity contribution in [1.82, 2.24) is 39.3 Å². The van der Waals surface area contributed by atoms with E-state index in [4.69, 9.17) is 11.5 Å². The number of anilines is 6. The maximum absolute atomic E-state index is 13.7. The molecule has 284 valence electrons. The Morgan fingerprint density at radius 2 is 1.16 bits per heavy atom. The summed E-state index contributed by atoms with van der Waals surface area (Å²) in [6.07, 6.45) is -8.79. The molecule has 0 saturated carbocycles. The highest BCUT2D eigenvalue weighted by Gasteiger charge is 2.31. The van der Waals surface area contributed by atoms with E-state index >= 15 is 0 Å². The van der Waals surface area contributed by atoms with Gasteiger partial charge < -0.3 is 22.1 Å². The zero-order chi connectivity index (χ0) is 39.8.